The minimum absolute atomic E-state index is 0.448. The standard InChI is InChI=1S/C15H23NO4/c1-17-9-10-5-11-6-13(18-2)15(20-4)14(19-3)12(11)8-16-7-10/h6,10,16H,5,7-9H2,1-4H3. The molecule has 2 rings (SSSR count). The van der Waals surface area contributed by atoms with Gasteiger partial charge in [0.15, 0.2) is 11.5 Å². The second kappa shape index (κ2) is 6.81. The number of nitrogens with one attached hydrogen (secondary N) is 1. The van der Waals surface area contributed by atoms with Crippen LogP contribution in [0.1, 0.15) is 11.1 Å². The third-order valence-corrected chi connectivity index (χ3v) is 3.67. The molecule has 1 heterocycles. The third kappa shape index (κ3) is 2.83. The third-order valence-electron chi connectivity index (χ3n) is 3.67. The fourth-order valence-corrected chi connectivity index (χ4v) is 2.78. The summed E-state index contributed by atoms with van der Waals surface area (Å²) in [6.45, 7) is 2.43. The van der Waals surface area contributed by atoms with Gasteiger partial charge in [0.1, 0.15) is 0 Å². The van der Waals surface area contributed by atoms with Gasteiger partial charge in [-0.2, -0.15) is 0 Å². The Hall–Kier alpha value is -1.46. The molecule has 0 amide bonds. The number of fused-ring (bicyclic) bond motifs is 1. The van der Waals surface area contributed by atoms with Gasteiger partial charge in [-0.3, -0.25) is 0 Å². The quantitative estimate of drug-likeness (QED) is 0.889. The molecule has 0 aromatic heterocycles. The van der Waals surface area contributed by atoms with Crippen molar-refractivity contribution in [1.82, 2.24) is 5.32 Å². The summed E-state index contributed by atoms with van der Waals surface area (Å²) in [4.78, 5) is 0. The van der Waals surface area contributed by atoms with Gasteiger partial charge in [-0.05, 0) is 24.0 Å². The largest absolute Gasteiger partial charge is 0.493 e. The maximum Gasteiger partial charge on any atom is 0.203 e. The average Bonchev–Trinajstić information content (AvgIpc) is 2.67. The zero-order valence-corrected chi connectivity index (χ0v) is 12.6. The first-order valence-electron chi connectivity index (χ1n) is 6.75. The van der Waals surface area contributed by atoms with Crippen LogP contribution in [-0.2, 0) is 17.7 Å². The van der Waals surface area contributed by atoms with Gasteiger partial charge < -0.3 is 24.3 Å². The summed E-state index contributed by atoms with van der Waals surface area (Å²) in [5.41, 5.74) is 2.37. The van der Waals surface area contributed by atoms with E-state index in [0.717, 1.165) is 37.4 Å². The van der Waals surface area contributed by atoms with E-state index in [1.165, 1.54) is 5.56 Å². The molecule has 5 nitrogen and oxygen atoms in total. The van der Waals surface area contributed by atoms with E-state index >= 15 is 0 Å². The number of benzene rings is 1. The van der Waals surface area contributed by atoms with Crippen molar-refractivity contribution in [3.8, 4) is 17.2 Å². The molecule has 1 aliphatic rings. The number of ether oxygens (including phenoxy) is 4. The molecule has 1 N–H and O–H groups in total. The van der Waals surface area contributed by atoms with E-state index in [1.54, 1.807) is 28.4 Å². The summed E-state index contributed by atoms with van der Waals surface area (Å²) < 4.78 is 21.7. The SMILES string of the molecule is COCC1CNCc2c(cc(OC)c(OC)c2OC)C1. The zero-order valence-electron chi connectivity index (χ0n) is 12.6. The smallest absolute Gasteiger partial charge is 0.203 e. The Morgan fingerprint density at radius 2 is 1.85 bits per heavy atom. The molecular formula is C15H23NO4. The topological polar surface area (TPSA) is 49.0 Å². The highest BCUT2D eigenvalue weighted by Gasteiger charge is 2.24. The average molecular weight is 281 g/mol. The normalized spacial score (nSPS) is 18.1. The highest BCUT2D eigenvalue weighted by molar-refractivity contribution is 5.59. The Balaban J connectivity index is 2.46. The number of hydrogen-bond donors (Lipinski definition) is 1. The minimum Gasteiger partial charge on any atom is -0.493 e. The lowest BCUT2D eigenvalue weighted by Crippen LogP contribution is -2.23. The van der Waals surface area contributed by atoms with E-state index in [2.05, 4.69) is 5.32 Å². The van der Waals surface area contributed by atoms with E-state index in [-0.39, 0.29) is 0 Å². The Labute approximate surface area is 120 Å². The van der Waals surface area contributed by atoms with Crippen LogP contribution in [0.3, 0.4) is 0 Å². The monoisotopic (exact) mass is 281 g/mol. The lowest BCUT2D eigenvalue weighted by Gasteiger charge is -2.19. The van der Waals surface area contributed by atoms with E-state index in [0.29, 0.717) is 17.4 Å². The van der Waals surface area contributed by atoms with Gasteiger partial charge >= 0.3 is 0 Å². The van der Waals surface area contributed by atoms with Gasteiger partial charge in [0.2, 0.25) is 5.75 Å². The molecule has 0 spiro atoms. The second-order valence-electron chi connectivity index (χ2n) is 4.94. The van der Waals surface area contributed by atoms with Crippen LogP contribution in [0, 0.1) is 5.92 Å². The lowest BCUT2D eigenvalue weighted by atomic mass is 9.96. The molecule has 0 bridgehead atoms. The van der Waals surface area contributed by atoms with Crippen molar-refractivity contribution in [3.05, 3.63) is 17.2 Å². The van der Waals surface area contributed by atoms with Crippen molar-refractivity contribution in [2.24, 2.45) is 5.92 Å². The highest BCUT2D eigenvalue weighted by Crippen LogP contribution is 2.43. The van der Waals surface area contributed by atoms with Crippen LogP contribution < -0.4 is 19.5 Å². The molecule has 0 saturated heterocycles. The van der Waals surface area contributed by atoms with Crippen LogP contribution in [0.4, 0.5) is 0 Å². The Bertz CT molecular complexity index is 462. The Morgan fingerprint density at radius 3 is 2.45 bits per heavy atom. The number of rotatable bonds is 5. The predicted octanol–water partition coefficient (Wildman–Crippen LogP) is 1.62. The summed E-state index contributed by atoms with van der Waals surface area (Å²) >= 11 is 0. The fourth-order valence-electron chi connectivity index (χ4n) is 2.78. The molecule has 5 heteroatoms. The van der Waals surface area contributed by atoms with Gasteiger partial charge in [0, 0.05) is 25.8 Å². The molecule has 1 aromatic rings. The molecule has 112 valence electrons. The summed E-state index contributed by atoms with van der Waals surface area (Å²) in [5, 5.41) is 3.45. The Kier molecular flexibility index (Phi) is 5.09. The first-order valence-corrected chi connectivity index (χ1v) is 6.75. The first-order chi connectivity index (χ1) is 9.74. The Morgan fingerprint density at radius 1 is 1.10 bits per heavy atom. The molecule has 1 aliphatic heterocycles. The van der Waals surface area contributed by atoms with Crippen LogP contribution in [0.5, 0.6) is 17.2 Å². The number of methoxy groups -OCH3 is 4. The molecule has 1 aromatic carbocycles. The number of hydrogen-bond acceptors (Lipinski definition) is 5. The van der Waals surface area contributed by atoms with Gasteiger partial charge in [-0.25, -0.2) is 0 Å². The van der Waals surface area contributed by atoms with Crippen LogP contribution in [-0.4, -0.2) is 41.6 Å². The summed E-state index contributed by atoms with van der Waals surface area (Å²) in [7, 11) is 6.67. The van der Waals surface area contributed by atoms with E-state index in [9.17, 15) is 0 Å². The summed E-state index contributed by atoms with van der Waals surface area (Å²) in [6, 6.07) is 2.05. The molecule has 1 unspecified atom stereocenters. The highest BCUT2D eigenvalue weighted by atomic mass is 16.5. The minimum atomic E-state index is 0.448. The van der Waals surface area contributed by atoms with Gasteiger partial charge in [-0.15, -0.1) is 0 Å². The molecule has 0 aliphatic carbocycles. The van der Waals surface area contributed by atoms with E-state index in [1.807, 2.05) is 6.07 Å². The summed E-state index contributed by atoms with van der Waals surface area (Å²) in [6.07, 6.45) is 0.937. The molecule has 20 heavy (non-hydrogen) atoms. The predicted molar refractivity (Wildman–Crippen MR) is 76.9 cm³/mol. The van der Waals surface area contributed by atoms with Crippen LogP contribution >= 0.6 is 0 Å². The van der Waals surface area contributed by atoms with Crippen LogP contribution in [0.2, 0.25) is 0 Å². The van der Waals surface area contributed by atoms with Crippen LogP contribution in [0.15, 0.2) is 6.07 Å². The second-order valence-corrected chi connectivity index (χ2v) is 4.94. The lowest BCUT2D eigenvalue weighted by molar-refractivity contribution is 0.152. The fraction of sp³-hybridized carbons (Fsp3) is 0.600. The van der Waals surface area contributed by atoms with E-state index < -0.39 is 0 Å². The molecule has 1 atom stereocenters. The van der Waals surface area contributed by atoms with Crippen molar-refractivity contribution < 1.29 is 18.9 Å². The summed E-state index contributed by atoms with van der Waals surface area (Å²) in [5.74, 6) is 2.57. The first kappa shape index (κ1) is 14.9. The van der Waals surface area contributed by atoms with Gasteiger partial charge in [-0.1, -0.05) is 0 Å². The van der Waals surface area contributed by atoms with E-state index in [4.69, 9.17) is 18.9 Å². The van der Waals surface area contributed by atoms with Crippen LogP contribution in [0.25, 0.3) is 0 Å². The van der Waals surface area contributed by atoms with Gasteiger partial charge in [0.05, 0.1) is 27.9 Å². The van der Waals surface area contributed by atoms with Crippen molar-refractivity contribution in [3.63, 3.8) is 0 Å². The molecular weight excluding hydrogens is 258 g/mol. The van der Waals surface area contributed by atoms with Crippen molar-refractivity contribution in [2.45, 2.75) is 13.0 Å². The van der Waals surface area contributed by atoms with Crippen molar-refractivity contribution in [2.75, 3.05) is 41.6 Å². The zero-order chi connectivity index (χ0) is 14.5. The van der Waals surface area contributed by atoms with Crippen molar-refractivity contribution >= 4 is 0 Å². The van der Waals surface area contributed by atoms with Crippen molar-refractivity contribution in [1.29, 1.82) is 0 Å². The molecule has 0 fully saturated rings. The maximum atomic E-state index is 5.55. The maximum absolute atomic E-state index is 5.55. The van der Waals surface area contributed by atoms with Gasteiger partial charge in [0.25, 0.3) is 0 Å². The molecule has 0 saturated carbocycles. The molecule has 0 radical (unpaired) electrons.